The van der Waals surface area contributed by atoms with Gasteiger partial charge in [0.25, 0.3) is 5.91 Å². The second-order valence-electron chi connectivity index (χ2n) is 7.56. The molecule has 1 fully saturated rings. The van der Waals surface area contributed by atoms with Gasteiger partial charge in [-0.2, -0.15) is 0 Å². The van der Waals surface area contributed by atoms with Crippen molar-refractivity contribution in [2.45, 2.75) is 26.4 Å². The highest BCUT2D eigenvalue weighted by atomic mass is 35.5. The zero-order valence-corrected chi connectivity index (χ0v) is 17.2. The van der Waals surface area contributed by atoms with Gasteiger partial charge in [-0.3, -0.25) is 9.59 Å². The van der Waals surface area contributed by atoms with Crippen molar-refractivity contribution < 1.29 is 19.4 Å². The first-order valence-corrected chi connectivity index (χ1v) is 10.1. The number of amides is 1. The zero-order chi connectivity index (χ0) is 20.1. The number of Topliss-reactive ketones (excluding diaryl/α,β-unsaturated/α-hetero) is 1. The second kappa shape index (κ2) is 9.32. The molecular weight excluding hydrogens is 374 g/mol. The number of piperazine rings is 1. The van der Waals surface area contributed by atoms with Gasteiger partial charge in [0.15, 0.2) is 11.8 Å². The van der Waals surface area contributed by atoms with Gasteiger partial charge in [0.05, 0.1) is 0 Å². The molecule has 3 N–H and O–H groups in total. The van der Waals surface area contributed by atoms with Crippen molar-refractivity contribution in [1.82, 2.24) is 0 Å². The van der Waals surface area contributed by atoms with Crippen LogP contribution in [0.4, 0.5) is 5.69 Å². The van der Waals surface area contributed by atoms with Crippen molar-refractivity contribution in [1.29, 1.82) is 0 Å². The number of benzene rings is 2. The standard InChI is InChI=1S/C22H26ClN3O2/c1-16(22(28)24-21-8-6-19(7-9-21)17(2)27)26-12-10-25(11-13-26)15-18-4-3-5-20(23)14-18/h3-9,14,16H,10-13,15H2,1-2H3,(H,24,28)/p+2/t16-/m0/s1. The summed E-state index contributed by atoms with van der Waals surface area (Å²) in [6.07, 6.45) is 0. The van der Waals surface area contributed by atoms with Gasteiger partial charge in [0.2, 0.25) is 0 Å². The van der Waals surface area contributed by atoms with E-state index < -0.39 is 0 Å². The molecule has 0 unspecified atom stereocenters. The van der Waals surface area contributed by atoms with E-state index in [2.05, 4.69) is 11.4 Å². The number of ketones is 1. The van der Waals surface area contributed by atoms with Crippen LogP contribution in [0.2, 0.25) is 5.02 Å². The van der Waals surface area contributed by atoms with Crippen LogP contribution in [-0.2, 0) is 11.3 Å². The minimum Gasteiger partial charge on any atom is -0.322 e. The highest BCUT2D eigenvalue weighted by Gasteiger charge is 2.31. The molecule has 0 radical (unpaired) electrons. The molecule has 6 heteroatoms. The van der Waals surface area contributed by atoms with Gasteiger partial charge in [-0.25, -0.2) is 0 Å². The van der Waals surface area contributed by atoms with Gasteiger partial charge >= 0.3 is 0 Å². The number of quaternary nitrogens is 2. The quantitative estimate of drug-likeness (QED) is 0.629. The lowest BCUT2D eigenvalue weighted by molar-refractivity contribution is -1.02. The first kappa shape index (κ1) is 20.5. The molecule has 1 atom stereocenters. The van der Waals surface area contributed by atoms with Crippen molar-refractivity contribution in [3.8, 4) is 0 Å². The van der Waals surface area contributed by atoms with Crippen LogP contribution in [-0.4, -0.2) is 43.9 Å². The van der Waals surface area contributed by atoms with E-state index in [0.29, 0.717) is 5.56 Å². The number of rotatable bonds is 6. The summed E-state index contributed by atoms with van der Waals surface area (Å²) in [6.45, 7) is 8.49. The molecule has 28 heavy (non-hydrogen) atoms. The molecule has 1 aliphatic heterocycles. The van der Waals surface area contributed by atoms with E-state index in [0.717, 1.165) is 43.4 Å². The Balaban J connectivity index is 1.49. The van der Waals surface area contributed by atoms with Crippen LogP contribution in [0.5, 0.6) is 0 Å². The van der Waals surface area contributed by atoms with E-state index in [9.17, 15) is 9.59 Å². The maximum atomic E-state index is 12.6. The first-order valence-electron chi connectivity index (χ1n) is 9.77. The van der Waals surface area contributed by atoms with E-state index in [-0.39, 0.29) is 17.7 Å². The molecule has 1 aliphatic rings. The van der Waals surface area contributed by atoms with E-state index in [1.54, 1.807) is 24.3 Å². The Kier molecular flexibility index (Phi) is 6.83. The highest BCUT2D eigenvalue weighted by molar-refractivity contribution is 6.30. The molecule has 1 saturated heterocycles. The Morgan fingerprint density at radius 2 is 1.75 bits per heavy atom. The van der Waals surface area contributed by atoms with Crippen molar-refractivity contribution in [3.63, 3.8) is 0 Å². The fraction of sp³-hybridized carbons (Fsp3) is 0.364. The van der Waals surface area contributed by atoms with Crippen LogP contribution in [0.15, 0.2) is 48.5 Å². The molecule has 0 aromatic heterocycles. The van der Waals surface area contributed by atoms with Crippen molar-refractivity contribution in [2.24, 2.45) is 0 Å². The third-order valence-electron chi connectivity index (χ3n) is 5.51. The largest absolute Gasteiger partial charge is 0.322 e. The Hall–Kier alpha value is -2.21. The Morgan fingerprint density at radius 3 is 2.36 bits per heavy atom. The van der Waals surface area contributed by atoms with Gasteiger partial charge in [-0.15, -0.1) is 0 Å². The normalized spacial score (nSPS) is 20.4. The minimum atomic E-state index is -0.111. The van der Waals surface area contributed by atoms with Crippen LogP contribution < -0.4 is 15.1 Å². The average Bonchev–Trinajstić information content (AvgIpc) is 2.68. The molecule has 1 heterocycles. The molecule has 1 amide bonds. The fourth-order valence-electron chi connectivity index (χ4n) is 3.69. The van der Waals surface area contributed by atoms with Crippen molar-refractivity contribution in [2.75, 3.05) is 31.5 Å². The molecule has 0 aliphatic carbocycles. The van der Waals surface area contributed by atoms with E-state index in [1.165, 1.54) is 22.3 Å². The van der Waals surface area contributed by atoms with Crippen LogP contribution in [0, 0.1) is 0 Å². The average molecular weight is 402 g/mol. The molecule has 5 nitrogen and oxygen atoms in total. The van der Waals surface area contributed by atoms with E-state index in [1.807, 2.05) is 25.1 Å². The van der Waals surface area contributed by atoms with Crippen molar-refractivity contribution in [3.05, 3.63) is 64.7 Å². The van der Waals surface area contributed by atoms with E-state index >= 15 is 0 Å². The fourth-order valence-corrected chi connectivity index (χ4v) is 3.91. The van der Waals surface area contributed by atoms with E-state index in [4.69, 9.17) is 11.6 Å². The molecule has 148 valence electrons. The number of carbonyl (C=O) groups excluding carboxylic acids is 2. The molecule has 0 spiro atoms. The molecule has 0 saturated carbocycles. The SMILES string of the molecule is CC(=O)c1ccc(NC(=O)[C@H](C)[NH+]2CC[NH+](Cc3cccc(Cl)c3)CC2)cc1. The Labute approximate surface area is 171 Å². The summed E-state index contributed by atoms with van der Waals surface area (Å²) in [7, 11) is 0. The second-order valence-corrected chi connectivity index (χ2v) is 8.00. The predicted octanol–water partition coefficient (Wildman–Crippen LogP) is 0.853. The monoisotopic (exact) mass is 401 g/mol. The van der Waals surface area contributed by atoms with Crippen LogP contribution >= 0.6 is 11.6 Å². The smallest absolute Gasteiger partial charge is 0.282 e. The number of hydrogen-bond acceptors (Lipinski definition) is 2. The molecule has 3 rings (SSSR count). The highest BCUT2D eigenvalue weighted by Crippen LogP contribution is 2.10. The van der Waals surface area contributed by atoms with Gasteiger partial charge < -0.3 is 15.1 Å². The third-order valence-corrected chi connectivity index (χ3v) is 5.74. The molecule has 0 bridgehead atoms. The topological polar surface area (TPSA) is 55.0 Å². The lowest BCUT2D eigenvalue weighted by atomic mass is 10.1. The molecular formula is C22H28ClN3O2+2. The molecule has 2 aromatic carbocycles. The lowest BCUT2D eigenvalue weighted by Crippen LogP contribution is -3.29. The number of anilines is 1. The number of halogens is 1. The summed E-state index contributed by atoms with van der Waals surface area (Å²) in [5, 5.41) is 3.75. The Bertz CT molecular complexity index is 830. The van der Waals surface area contributed by atoms with Crippen LogP contribution in [0.1, 0.15) is 29.8 Å². The maximum absolute atomic E-state index is 12.6. The summed E-state index contributed by atoms with van der Waals surface area (Å²) in [4.78, 5) is 26.8. The first-order chi connectivity index (χ1) is 13.4. The van der Waals surface area contributed by atoms with Gasteiger partial charge in [-0.05, 0) is 50.2 Å². The lowest BCUT2D eigenvalue weighted by Gasteiger charge is -2.32. The van der Waals surface area contributed by atoms with Gasteiger partial charge in [0.1, 0.15) is 32.7 Å². The van der Waals surface area contributed by atoms with Gasteiger partial charge in [-0.1, -0.05) is 23.7 Å². The van der Waals surface area contributed by atoms with Crippen molar-refractivity contribution >= 4 is 29.0 Å². The molecule has 2 aromatic rings. The summed E-state index contributed by atoms with van der Waals surface area (Å²) >= 11 is 6.08. The minimum absolute atomic E-state index is 0.0175. The van der Waals surface area contributed by atoms with Crippen LogP contribution in [0.3, 0.4) is 0 Å². The van der Waals surface area contributed by atoms with Crippen LogP contribution in [0.25, 0.3) is 0 Å². The predicted molar refractivity (Wildman–Crippen MR) is 111 cm³/mol. The Morgan fingerprint density at radius 1 is 1.07 bits per heavy atom. The third kappa shape index (κ3) is 5.41. The number of carbonyl (C=O) groups is 2. The van der Waals surface area contributed by atoms with Gasteiger partial charge in [0, 0.05) is 21.8 Å². The summed E-state index contributed by atoms with van der Waals surface area (Å²) in [5.41, 5.74) is 2.63. The maximum Gasteiger partial charge on any atom is 0.282 e. The zero-order valence-electron chi connectivity index (χ0n) is 16.4. The summed E-state index contributed by atoms with van der Waals surface area (Å²) < 4.78 is 0. The number of hydrogen-bond donors (Lipinski definition) is 3. The summed E-state index contributed by atoms with van der Waals surface area (Å²) in [5.74, 6) is 0.0395. The number of nitrogens with one attached hydrogen (secondary N) is 3. The summed E-state index contributed by atoms with van der Waals surface area (Å²) in [6, 6.07) is 15.0.